The summed E-state index contributed by atoms with van der Waals surface area (Å²) in [5, 5.41) is 6.06. The fourth-order valence-corrected chi connectivity index (χ4v) is 3.62. The van der Waals surface area contributed by atoms with Crippen LogP contribution in [0.4, 0.5) is 4.79 Å². The summed E-state index contributed by atoms with van der Waals surface area (Å²) in [6, 6.07) is 1.77. The predicted molar refractivity (Wildman–Crippen MR) is 125 cm³/mol. The molecule has 1 fully saturated rings. The molecule has 0 aliphatic carbocycles. The Morgan fingerprint density at radius 3 is 2.61 bits per heavy atom. The third-order valence-electron chi connectivity index (χ3n) is 4.94. The minimum absolute atomic E-state index is 0. The number of halogens is 2. The molecule has 1 atom stereocenters. The molecule has 1 saturated heterocycles. The van der Waals surface area contributed by atoms with Crippen LogP contribution in [0.3, 0.4) is 0 Å². The molecule has 0 spiro atoms. The second-order valence-electron chi connectivity index (χ2n) is 7.02. The van der Waals surface area contributed by atoms with Crippen LogP contribution in [0.25, 0.3) is 0 Å². The fraction of sp³-hybridized carbons (Fsp3) is 0.611. The first-order valence-corrected chi connectivity index (χ1v) is 9.87. The lowest BCUT2D eigenvalue weighted by Crippen LogP contribution is -2.43. The van der Waals surface area contributed by atoms with Gasteiger partial charge in [-0.05, 0) is 41.8 Å². The lowest BCUT2D eigenvalue weighted by molar-refractivity contribution is -0.130. The van der Waals surface area contributed by atoms with E-state index in [-0.39, 0.29) is 35.9 Å². The van der Waals surface area contributed by atoms with Crippen LogP contribution >= 0.6 is 39.9 Å². The molecule has 2 rings (SSSR count). The predicted octanol–water partition coefficient (Wildman–Crippen LogP) is 2.52. The van der Waals surface area contributed by atoms with E-state index in [4.69, 9.17) is 0 Å². The highest BCUT2D eigenvalue weighted by molar-refractivity contribution is 14.0. The molecule has 1 aromatic rings. The van der Waals surface area contributed by atoms with E-state index in [1.807, 2.05) is 32.1 Å². The van der Waals surface area contributed by atoms with E-state index < -0.39 is 5.54 Å². The molecule has 0 radical (unpaired) electrons. The number of hydrogen-bond acceptors (Lipinski definition) is 3. The molecule has 0 aromatic carbocycles. The Labute approximate surface area is 192 Å². The Morgan fingerprint density at radius 2 is 2.11 bits per heavy atom. The number of urea groups is 1. The number of nitrogens with one attached hydrogen (secondary N) is 2. The van der Waals surface area contributed by atoms with E-state index in [1.54, 1.807) is 14.0 Å². The molecular weight excluding hydrogens is 539 g/mol. The number of carbonyl (C=O) groups excluding carboxylic acids is 2. The summed E-state index contributed by atoms with van der Waals surface area (Å²) >= 11 is 3.48. The Hall–Kier alpha value is -1.30. The number of nitrogens with zero attached hydrogens (tertiary/aromatic N) is 4. The summed E-state index contributed by atoms with van der Waals surface area (Å²) in [5.74, 6) is 0.619. The van der Waals surface area contributed by atoms with Crippen LogP contribution in [0.5, 0.6) is 0 Å². The Bertz CT molecular complexity index is 738. The van der Waals surface area contributed by atoms with Gasteiger partial charge >= 0.3 is 6.03 Å². The maximum atomic E-state index is 12.4. The smallest absolute Gasteiger partial charge is 0.325 e. The first-order chi connectivity index (χ1) is 12.7. The molecule has 2 N–H and O–H groups in total. The largest absolute Gasteiger partial charge is 0.356 e. The zero-order valence-corrected chi connectivity index (χ0v) is 21.0. The Balaban J connectivity index is 0.00000392. The topological polar surface area (TPSA) is 82.0 Å². The first-order valence-electron chi connectivity index (χ1n) is 9.08. The normalized spacial score (nSPS) is 19.5. The van der Waals surface area contributed by atoms with Gasteiger partial charge in [-0.1, -0.05) is 6.92 Å². The molecule has 158 valence electrons. The van der Waals surface area contributed by atoms with Crippen molar-refractivity contribution in [3.63, 3.8) is 0 Å². The van der Waals surface area contributed by atoms with Gasteiger partial charge in [0, 0.05) is 50.6 Å². The number of amides is 3. The summed E-state index contributed by atoms with van der Waals surface area (Å²) in [5.41, 5.74) is 0.384. The highest BCUT2D eigenvalue weighted by Gasteiger charge is 2.45. The second-order valence-corrected chi connectivity index (χ2v) is 7.93. The van der Waals surface area contributed by atoms with Crippen molar-refractivity contribution in [2.75, 3.05) is 27.2 Å². The van der Waals surface area contributed by atoms with E-state index >= 15 is 0 Å². The molecule has 1 aliphatic heterocycles. The SMILES string of the molecule is CCC1(C)NC(=O)N(CCCNC(=NC)N(C)Cc2cc(Br)cn2C)C1=O.I. The first kappa shape index (κ1) is 24.7. The average molecular weight is 569 g/mol. The van der Waals surface area contributed by atoms with Gasteiger partial charge in [-0.3, -0.25) is 14.7 Å². The summed E-state index contributed by atoms with van der Waals surface area (Å²) in [6.07, 6.45) is 3.25. The molecule has 0 bridgehead atoms. The van der Waals surface area contributed by atoms with Crippen LogP contribution in [0.15, 0.2) is 21.7 Å². The van der Waals surface area contributed by atoms with Gasteiger partial charge in [-0.25, -0.2) is 4.79 Å². The van der Waals surface area contributed by atoms with Gasteiger partial charge in [0.25, 0.3) is 5.91 Å². The Morgan fingerprint density at radius 1 is 1.43 bits per heavy atom. The molecule has 10 heteroatoms. The molecule has 2 heterocycles. The minimum atomic E-state index is -0.774. The highest BCUT2D eigenvalue weighted by atomic mass is 127. The van der Waals surface area contributed by atoms with Crippen molar-refractivity contribution >= 4 is 57.8 Å². The summed E-state index contributed by atoms with van der Waals surface area (Å²) in [4.78, 5) is 32.0. The molecule has 0 saturated carbocycles. The number of hydrogen-bond donors (Lipinski definition) is 2. The van der Waals surface area contributed by atoms with Gasteiger partial charge < -0.3 is 20.1 Å². The maximum Gasteiger partial charge on any atom is 0.325 e. The van der Waals surface area contributed by atoms with Gasteiger partial charge in [-0.15, -0.1) is 24.0 Å². The number of guanidine groups is 1. The van der Waals surface area contributed by atoms with E-state index in [0.717, 1.165) is 16.1 Å². The number of rotatable bonds is 7. The summed E-state index contributed by atoms with van der Waals surface area (Å²) in [7, 11) is 5.72. The third kappa shape index (κ3) is 5.62. The second kappa shape index (κ2) is 10.5. The van der Waals surface area contributed by atoms with Crippen molar-refractivity contribution < 1.29 is 9.59 Å². The van der Waals surface area contributed by atoms with E-state index in [9.17, 15) is 9.59 Å². The van der Waals surface area contributed by atoms with Crippen molar-refractivity contribution in [1.29, 1.82) is 0 Å². The van der Waals surface area contributed by atoms with Gasteiger partial charge in [0.15, 0.2) is 5.96 Å². The number of aromatic nitrogens is 1. The van der Waals surface area contributed by atoms with Gasteiger partial charge in [0.2, 0.25) is 0 Å². The fourth-order valence-electron chi connectivity index (χ4n) is 3.05. The van der Waals surface area contributed by atoms with Crippen molar-refractivity contribution in [2.24, 2.45) is 12.0 Å². The lowest BCUT2D eigenvalue weighted by Gasteiger charge is -2.23. The monoisotopic (exact) mass is 568 g/mol. The van der Waals surface area contributed by atoms with Crippen molar-refractivity contribution in [1.82, 2.24) is 25.0 Å². The van der Waals surface area contributed by atoms with Gasteiger partial charge in [0.1, 0.15) is 5.54 Å². The van der Waals surface area contributed by atoms with Crippen LogP contribution in [0.1, 0.15) is 32.4 Å². The number of aryl methyl sites for hydroxylation is 1. The van der Waals surface area contributed by atoms with Crippen LogP contribution in [0, 0.1) is 0 Å². The molecule has 28 heavy (non-hydrogen) atoms. The molecular formula is C18H30BrIN6O2. The van der Waals surface area contributed by atoms with Crippen LogP contribution in [-0.2, 0) is 18.4 Å². The van der Waals surface area contributed by atoms with Crippen LogP contribution in [-0.4, -0.2) is 65.0 Å². The van der Waals surface area contributed by atoms with Gasteiger partial charge in [-0.2, -0.15) is 0 Å². The standard InChI is InChI=1S/C18H29BrN6O2.HI/c1-6-18(2)15(26)25(17(27)22-18)9-7-8-21-16(20-3)24(5)12-14-10-13(19)11-23(14)4;/h10-11H,6-9,12H2,1-5H3,(H,20,21)(H,22,27);1H. The maximum absolute atomic E-state index is 12.4. The van der Waals surface area contributed by atoms with Crippen LogP contribution < -0.4 is 10.6 Å². The molecule has 1 aliphatic rings. The molecule has 1 unspecified atom stereocenters. The Kier molecular flexibility index (Phi) is 9.25. The van der Waals surface area contributed by atoms with Crippen LogP contribution in [0.2, 0.25) is 0 Å². The molecule has 3 amide bonds. The van der Waals surface area contributed by atoms with Crippen molar-refractivity contribution in [3.8, 4) is 0 Å². The number of imide groups is 1. The quantitative estimate of drug-likeness (QED) is 0.174. The highest BCUT2D eigenvalue weighted by Crippen LogP contribution is 2.20. The summed E-state index contributed by atoms with van der Waals surface area (Å²) < 4.78 is 3.11. The zero-order valence-electron chi connectivity index (χ0n) is 17.1. The zero-order chi connectivity index (χ0) is 20.2. The van der Waals surface area contributed by atoms with Crippen molar-refractivity contribution in [2.45, 2.75) is 38.8 Å². The molecule has 8 nitrogen and oxygen atoms in total. The minimum Gasteiger partial charge on any atom is -0.356 e. The van der Waals surface area contributed by atoms with Gasteiger partial charge in [0.05, 0.1) is 6.54 Å². The summed E-state index contributed by atoms with van der Waals surface area (Å²) in [6.45, 7) is 5.38. The molecule has 1 aromatic heterocycles. The number of aliphatic imine (C=N–C) groups is 1. The average Bonchev–Trinajstić information content (AvgIpc) is 3.04. The number of carbonyl (C=O) groups is 2. The van der Waals surface area contributed by atoms with Crippen molar-refractivity contribution in [3.05, 3.63) is 22.4 Å². The lowest BCUT2D eigenvalue weighted by atomic mass is 9.99. The van der Waals surface area contributed by atoms with E-state index in [0.29, 0.717) is 32.5 Å². The van der Waals surface area contributed by atoms with E-state index in [2.05, 4.69) is 42.2 Å². The third-order valence-corrected chi connectivity index (χ3v) is 5.37. The van der Waals surface area contributed by atoms with E-state index in [1.165, 1.54) is 4.90 Å².